The fraction of sp³-hybridized carbons (Fsp3) is 0.100. The quantitative estimate of drug-likeness (QED) is 0.638. The number of hydrogen-bond acceptors (Lipinski definition) is 2. The lowest BCUT2D eigenvalue weighted by Gasteiger charge is -1.84. The smallest absolute Gasteiger partial charge is 0.272 e. The second-order valence-electron chi connectivity index (χ2n) is 2.65. The topological polar surface area (TPSA) is 30.2 Å². The highest BCUT2D eigenvalue weighted by atomic mass is 16.3. The summed E-state index contributed by atoms with van der Waals surface area (Å²) in [5.74, 6) is 0.302. The maximum atomic E-state index is 10.4. The summed E-state index contributed by atoms with van der Waals surface area (Å²) in [6.45, 7) is 1.85. The SMILES string of the molecule is Cc1c([C]=O)oc2ccccc12. The first-order valence-electron chi connectivity index (χ1n) is 3.69. The van der Waals surface area contributed by atoms with Gasteiger partial charge >= 0.3 is 0 Å². The highest BCUT2D eigenvalue weighted by Crippen LogP contribution is 2.23. The molecule has 1 aromatic heterocycles. The molecule has 0 amide bonds. The Morgan fingerprint density at radius 3 is 2.75 bits per heavy atom. The first-order chi connectivity index (χ1) is 5.83. The fourth-order valence-corrected chi connectivity index (χ4v) is 1.27. The van der Waals surface area contributed by atoms with Crippen LogP contribution in [0.2, 0.25) is 0 Å². The summed E-state index contributed by atoms with van der Waals surface area (Å²) in [5, 5.41) is 0.982. The zero-order valence-electron chi connectivity index (χ0n) is 6.63. The van der Waals surface area contributed by atoms with E-state index in [2.05, 4.69) is 0 Å². The molecular weight excluding hydrogens is 152 g/mol. The van der Waals surface area contributed by atoms with Gasteiger partial charge in [0.05, 0.1) is 0 Å². The van der Waals surface area contributed by atoms with Gasteiger partial charge in [-0.15, -0.1) is 0 Å². The Bertz CT molecular complexity index is 426. The lowest BCUT2D eigenvalue weighted by atomic mass is 10.2. The van der Waals surface area contributed by atoms with Gasteiger partial charge in [-0.05, 0) is 13.0 Å². The molecule has 2 rings (SSSR count). The van der Waals surface area contributed by atoms with E-state index in [1.165, 1.54) is 0 Å². The Balaban J connectivity index is 2.87. The van der Waals surface area contributed by atoms with E-state index in [-0.39, 0.29) is 0 Å². The average Bonchev–Trinajstić information content (AvgIpc) is 2.44. The van der Waals surface area contributed by atoms with Crippen LogP contribution in [-0.2, 0) is 4.79 Å². The molecule has 0 bridgehead atoms. The summed E-state index contributed by atoms with van der Waals surface area (Å²) < 4.78 is 5.22. The van der Waals surface area contributed by atoms with Gasteiger partial charge in [0.15, 0.2) is 5.76 Å². The number of hydrogen-bond donors (Lipinski definition) is 0. The number of aryl methyl sites for hydroxylation is 1. The second kappa shape index (κ2) is 2.48. The summed E-state index contributed by atoms with van der Waals surface area (Å²) in [6, 6.07) is 7.55. The number of benzene rings is 1. The molecule has 12 heavy (non-hydrogen) atoms. The van der Waals surface area contributed by atoms with Gasteiger partial charge in [-0.25, -0.2) is 0 Å². The van der Waals surface area contributed by atoms with Crippen molar-refractivity contribution >= 4 is 17.3 Å². The van der Waals surface area contributed by atoms with Gasteiger partial charge in [-0.3, -0.25) is 4.79 Å². The Hall–Kier alpha value is -1.57. The molecule has 2 nitrogen and oxygen atoms in total. The van der Waals surface area contributed by atoms with E-state index in [1.54, 1.807) is 6.29 Å². The number of para-hydroxylation sites is 1. The molecule has 0 aliphatic heterocycles. The first kappa shape index (κ1) is 7.10. The van der Waals surface area contributed by atoms with Crippen molar-refractivity contribution in [2.75, 3.05) is 0 Å². The fourth-order valence-electron chi connectivity index (χ4n) is 1.27. The highest BCUT2D eigenvalue weighted by molar-refractivity contribution is 5.89. The number of rotatable bonds is 1. The molecule has 1 heterocycles. The minimum Gasteiger partial charge on any atom is -0.452 e. The lowest BCUT2D eigenvalue weighted by Crippen LogP contribution is -1.76. The second-order valence-corrected chi connectivity index (χ2v) is 2.65. The molecule has 0 atom stereocenters. The van der Waals surface area contributed by atoms with E-state index in [1.807, 2.05) is 31.2 Å². The summed E-state index contributed by atoms with van der Waals surface area (Å²) in [6.07, 6.45) is 1.77. The molecule has 2 aromatic rings. The molecule has 0 spiro atoms. The summed E-state index contributed by atoms with van der Waals surface area (Å²) in [4.78, 5) is 10.4. The van der Waals surface area contributed by atoms with Crippen LogP contribution in [0.15, 0.2) is 28.7 Å². The van der Waals surface area contributed by atoms with Gasteiger partial charge in [-0.1, -0.05) is 18.2 Å². The van der Waals surface area contributed by atoms with E-state index < -0.39 is 0 Å². The van der Waals surface area contributed by atoms with Crippen LogP contribution < -0.4 is 0 Å². The van der Waals surface area contributed by atoms with Gasteiger partial charge in [0.25, 0.3) is 6.29 Å². The van der Waals surface area contributed by atoms with Crippen LogP contribution in [0.1, 0.15) is 11.3 Å². The van der Waals surface area contributed by atoms with Crippen LogP contribution in [-0.4, -0.2) is 6.29 Å². The predicted octanol–water partition coefficient (Wildman–Crippen LogP) is 2.20. The van der Waals surface area contributed by atoms with Crippen molar-refractivity contribution < 1.29 is 9.21 Å². The molecule has 2 heteroatoms. The average molecular weight is 159 g/mol. The van der Waals surface area contributed by atoms with Gasteiger partial charge < -0.3 is 4.42 Å². The lowest BCUT2D eigenvalue weighted by molar-refractivity contribution is 0.534. The van der Waals surface area contributed by atoms with Crippen LogP contribution in [0.3, 0.4) is 0 Å². The molecule has 0 aliphatic carbocycles. The molecule has 0 aliphatic rings. The molecular formula is C10H7O2. The van der Waals surface area contributed by atoms with E-state index in [9.17, 15) is 4.79 Å². The summed E-state index contributed by atoms with van der Waals surface area (Å²) >= 11 is 0. The van der Waals surface area contributed by atoms with Crippen molar-refractivity contribution in [3.63, 3.8) is 0 Å². The molecule has 0 fully saturated rings. The molecule has 0 N–H and O–H groups in total. The van der Waals surface area contributed by atoms with Crippen molar-refractivity contribution in [1.82, 2.24) is 0 Å². The van der Waals surface area contributed by atoms with E-state index >= 15 is 0 Å². The number of furan rings is 1. The Kier molecular flexibility index (Phi) is 1.47. The number of fused-ring (bicyclic) bond motifs is 1. The third-order valence-corrected chi connectivity index (χ3v) is 1.94. The Morgan fingerprint density at radius 1 is 1.33 bits per heavy atom. The maximum absolute atomic E-state index is 10.4. The van der Waals surface area contributed by atoms with Crippen LogP contribution in [0.5, 0.6) is 0 Å². The van der Waals surface area contributed by atoms with E-state index in [0.29, 0.717) is 5.76 Å². The van der Waals surface area contributed by atoms with Gasteiger partial charge in [0, 0.05) is 10.9 Å². The molecule has 1 aromatic carbocycles. The zero-order valence-corrected chi connectivity index (χ0v) is 6.63. The van der Waals surface area contributed by atoms with Gasteiger partial charge in [-0.2, -0.15) is 0 Å². The minimum atomic E-state index is 0.302. The van der Waals surface area contributed by atoms with Crippen LogP contribution in [0, 0.1) is 6.92 Å². The Morgan fingerprint density at radius 2 is 2.08 bits per heavy atom. The zero-order chi connectivity index (χ0) is 8.55. The van der Waals surface area contributed by atoms with Gasteiger partial charge in [0.1, 0.15) is 5.58 Å². The predicted molar refractivity (Wildman–Crippen MR) is 45.7 cm³/mol. The first-order valence-corrected chi connectivity index (χ1v) is 3.69. The van der Waals surface area contributed by atoms with Crippen LogP contribution >= 0.6 is 0 Å². The third-order valence-electron chi connectivity index (χ3n) is 1.94. The maximum Gasteiger partial charge on any atom is 0.272 e. The molecule has 1 radical (unpaired) electrons. The van der Waals surface area contributed by atoms with E-state index in [4.69, 9.17) is 4.42 Å². The molecule has 59 valence electrons. The number of carbonyl (C=O) groups excluding carboxylic acids is 1. The normalized spacial score (nSPS) is 10.4. The standard InChI is InChI=1S/C10H7O2/c1-7-8-4-2-3-5-9(8)12-10(7)6-11/h2-5H,1H3. The molecule has 0 saturated carbocycles. The van der Waals surface area contributed by atoms with Crippen molar-refractivity contribution in [3.05, 3.63) is 35.6 Å². The van der Waals surface area contributed by atoms with Crippen molar-refractivity contribution in [2.45, 2.75) is 6.92 Å². The Labute approximate surface area is 69.8 Å². The van der Waals surface area contributed by atoms with Gasteiger partial charge in [0.2, 0.25) is 0 Å². The minimum absolute atomic E-state index is 0.302. The molecule has 0 unspecified atom stereocenters. The largest absolute Gasteiger partial charge is 0.452 e. The molecule has 0 saturated heterocycles. The van der Waals surface area contributed by atoms with Crippen LogP contribution in [0.25, 0.3) is 11.0 Å². The summed E-state index contributed by atoms with van der Waals surface area (Å²) in [7, 11) is 0. The third kappa shape index (κ3) is 0.848. The monoisotopic (exact) mass is 159 g/mol. The van der Waals surface area contributed by atoms with Crippen molar-refractivity contribution in [3.8, 4) is 0 Å². The highest BCUT2D eigenvalue weighted by Gasteiger charge is 2.08. The van der Waals surface area contributed by atoms with E-state index in [0.717, 1.165) is 16.5 Å². The van der Waals surface area contributed by atoms with Crippen molar-refractivity contribution in [1.29, 1.82) is 0 Å². The van der Waals surface area contributed by atoms with Crippen molar-refractivity contribution in [2.24, 2.45) is 0 Å². The summed E-state index contributed by atoms with van der Waals surface area (Å²) in [5.41, 5.74) is 1.61. The van der Waals surface area contributed by atoms with Crippen LogP contribution in [0.4, 0.5) is 0 Å².